The molecule has 2 aromatic carbocycles. The molecule has 3 rings (SSSR count). The molecule has 0 aliphatic rings. The normalized spacial score (nSPS) is 10.9. The Morgan fingerprint density at radius 1 is 1.04 bits per heavy atom. The number of halogens is 4. The number of anilines is 1. The van der Waals surface area contributed by atoms with Crippen molar-refractivity contribution in [2.24, 2.45) is 0 Å². The van der Waals surface area contributed by atoms with Gasteiger partial charge in [-0.3, -0.25) is 4.57 Å². The van der Waals surface area contributed by atoms with Gasteiger partial charge in [-0.15, -0.1) is 0 Å². The van der Waals surface area contributed by atoms with Crippen molar-refractivity contribution >= 4 is 52.2 Å². The molecule has 0 bridgehead atoms. The number of nitrogens with two attached hydrogens (primary N) is 1. The fraction of sp³-hybridized carbons (Fsp3) is 0.158. The van der Waals surface area contributed by atoms with E-state index in [1.807, 2.05) is 0 Å². The van der Waals surface area contributed by atoms with E-state index in [0.29, 0.717) is 51.0 Å². The zero-order chi connectivity index (χ0) is 20.3. The quantitative estimate of drug-likeness (QED) is 0.489. The van der Waals surface area contributed by atoms with Gasteiger partial charge in [0.1, 0.15) is 16.6 Å². The Morgan fingerprint density at radius 3 is 2.57 bits per heavy atom. The van der Waals surface area contributed by atoms with Gasteiger partial charge in [0.2, 0.25) is 0 Å². The molecule has 0 saturated heterocycles. The Balaban J connectivity index is 1.73. The summed E-state index contributed by atoms with van der Waals surface area (Å²) < 4.78 is 7.11. The molecule has 0 radical (unpaired) electrons. The highest BCUT2D eigenvalue weighted by Crippen LogP contribution is 2.32. The predicted molar refractivity (Wildman–Crippen MR) is 115 cm³/mol. The number of rotatable bonds is 6. The fourth-order valence-electron chi connectivity index (χ4n) is 2.56. The lowest BCUT2D eigenvalue weighted by Gasteiger charge is -2.12. The molecule has 0 saturated carbocycles. The molecular weight excluding hydrogens is 444 g/mol. The van der Waals surface area contributed by atoms with Crippen LogP contribution in [0.15, 0.2) is 47.4 Å². The number of aryl methyl sites for hydroxylation is 1. The second kappa shape index (κ2) is 9.05. The van der Waals surface area contributed by atoms with Crippen LogP contribution in [0.5, 0.6) is 5.75 Å². The van der Waals surface area contributed by atoms with Crippen molar-refractivity contribution in [1.29, 1.82) is 0 Å². The minimum atomic E-state index is -0.443. The molecule has 0 spiro atoms. The summed E-state index contributed by atoms with van der Waals surface area (Å²) in [6.45, 7) is 0.734. The van der Waals surface area contributed by atoms with Gasteiger partial charge in [0.25, 0.3) is 0 Å². The van der Waals surface area contributed by atoms with E-state index in [0.717, 1.165) is 5.56 Å². The lowest BCUT2D eigenvalue weighted by atomic mass is 10.1. The van der Waals surface area contributed by atoms with Crippen molar-refractivity contribution in [1.82, 2.24) is 9.55 Å². The molecule has 0 aliphatic carbocycles. The number of benzene rings is 2. The van der Waals surface area contributed by atoms with Gasteiger partial charge in [0, 0.05) is 18.3 Å². The van der Waals surface area contributed by atoms with Crippen LogP contribution in [0.4, 0.5) is 5.82 Å². The van der Waals surface area contributed by atoms with Crippen LogP contribution in [0.25, 0.3) is 11.1 Å². The van der Waals surface area contributed by atoms with Crippen LogP contribution in [0.2, 0.25) is 20.1 Å². The first-order valence-electron chi connectivity index (χ1n) is 8.26. The van der Waals surface area contributed by atoms with Crippen LogP contribution in [0.3, 0.4) is 0 Å². The van der Waals surface area contributed by atoms with Crippen LogP contribution < -0.4 is 16.2 Å². The number of ether oxygens (including phenoxy) is 1. The van der Waals surface area contributed by atoms with Crippen LogP contribution >= 0.6 is 46.4 Å². The van der Waals surface area contributed by atoms with Gasteiger partial charge in [-0.2, -0.15) is 4.98 Å². The van der Waals surface area contributed by atoms with Gasteiger partial charge in [-0.25, -0.2) is 4.79 Å². The van der Waals surface area contributed by atoms with E-state index in [4.69, 9.17) is 56.9 Å². The maximum Gasteiger partial charge on any atom is 0.349 e. The summed E-state index contributed by atoms with van der Waals surface area (Å²) in [4.78, 5) is 16.0. The van der Waals surface area contributed by atoms with Gasteiger partial charge in [-0.05, 0) is 36.2 Å². The number of aromatic nitrogens is 2. The van der Waals surface area contributed by atoms with Gasteiger partial charge in [0.15, 0.2) is 0 Å². The average molecular weight is 459 g/mol. The number of hydrogen-bond donors (Lipinski definition) is 1. The third kappa shape index (κ3) is 4.73. The van der Waals surface area contributed by atoms with Gasteiger partial charge >= 0.3 is 5.69 Å². The van der Waals surface area contributed by atoms with Crippen LogP contribution in [-0.4, -0.2) is 16.2 Å². The minimum absolute atomic E-state index is 0.126. The molecule has 2 N–H and O–H groups in total. The third-order valence-corrected chi connectivity index (χ3v) is 5.51. The highest BCUT2D eigenvalue weighted by atomic mass is 35.5. The molecule has 1 heterocycles. The largest absolute Gasteiger partial charge is 0.492 e. The summed E-state index contributed by atoms with van der Waals surface area (Å²) in [5, 5.41) is 1.60. The summed E-state index contributed by atoms with van der Waals surface area (Å²) in [6.07, 6.45) is 2.20. The minimum Gasteiger partial charge on any atom is -0.492 e. The van der Waals surface area contributed by atoms with E-state index >= 15 is 0 Å². The molecule has 28 heavy (non-hydrogen) atoms. The molecule has 0 fully saturated rings. The third-order valence-electron chi connectivity index (χ3n) is 3.97. The molecule has 1 aromatic heterocycles. The Morgan fingerprint density at radius 2 is 1.82 bits per heavy atom. The lowest BCUT2D eigenvalue weighted by molar-refractivity contribution is 0.301. The summed E-state index contributed by atoms with van der Waals surface area (Å²) in [5.41, 5.74) is 6.79. The van der Waals surface area contributed by atoms with Gasteiger partial charge < -0.3 is 10.5 Å². The number of nitrogen functional groups attached to an aromatic ring is 1. The highest BCUT2D eigenvalue weighted by Gasteiger charge is 2.11. The maximum absolute atomic E-state index is 12.2. The Hall–Kier alpha value is -1.92. The predicted octanol–water partition coefficient (Wildman–Crippen LogP) is 5.58. The molecule has 3 aromatic rings. The molecule has 0 aliphatic heterocycles. The maximum atomic E-state index is 12.2. The van der Waals surface area contributed by atoms with Crippen LogP contribution in [0.1, 0.15) is 6.42 Å². The van der Waals surface area contributed by atoms with E-state index in [1.54, 1.807) is 42.6 Å². The summed E-state index contributed by atoms with van der Waals surface area (Å²) in [6, 6.07) is 10.3. The smallest absolute Gasteiger partial charge is 0.349 e. The van der Waals surface area contributed by atoms with E-state index in [2.05, 4.69) is 4.98 Å². The van der Waals surface area contributed by atoms with Crippen LogP contribution in [-0.2, 0) is 6.54 Å². The first-order valence-corrected chi connectivity index (χ1v) is 9.77. The molecule has 0 unspecified atom stereocenters. The molecule has 5 nitrogen and oxygen atoms in total. The Bertz CT molecular complexity index is 1070. The summed E-state index contributed by atoms with van der Waals surface area (Å²) >= 11 is 24.1. The number of nitrogens with zero attached hydrogens (tertiary/aromatic N) is 2. The standard InChI is InChI=1S/C19H15Cl4N3O2/c20-13-6-5-11(9-15(13)22)12-10-26(19(27)25-18(12)24)7-2-8-28-16-4-1-3-14(21)17(16)23/h1,3-6,9-10H,2,7-8H2,(H2,24,25,27). The SMILES string of the molecule is Nc1nc(=O)n(CCCOc2cccc(Cl)c2Cl)cc1-c1ccc(Cl)c(Cl)c1. The van der Waals surface area contributed by atoms with Crippen molar-refractivity contribution in [2.45, 2.75) is 13.0 Å². The van der Waals surface area contributed by atoms with E-state index in [1.165, 1.54) is 4.57 Å². The van der Waals surface area contributed by atoms with Gasteiger partial charge in [-0.1, -0.05) is 58.5 Å². The fourth-order valence-corrected chi connectivity index (χ4v) is 3.21. The van der Waals surface area contributed by atoms with Crippen molar-refractivity contribution < 1.29 is 4.74 Å². The van der Waals surface area contributed by atoms with E-state index < -0.39 is 5.69 Å². The Labute approximate surface area is 181 Å². The molecule has 0 amide bonds. The van der Waals surface area contributed by atoms with Crippen molar-refractivity contribution in [3.8, 4) is 16.9 Å². The summed E-state index contributed by atoms with van der Waals surface area (Å²) in [7, 11) is 0. The topological polar surface area (TPSA) is 70.1 Å². The van der Waals surface area contributed by atoms with Crippen molar-refractivity contribution in [3.63, 3.8) is 0 Å². The monoisotopic (exact) mass is 457 g/mol. The highest BCUT2D eigenvalue weighted by molar-refractivity contribution is 6.43. The second-order valence-corrected chi connectivity index (χ2v) is 7.50. The Kier molecular flexibility index (Phi) is 6.73. The zero-order valence-electron chi connectivity index (χ0n) is 14.5. The molecule has 0 atom stereocenters. The average Bonchev–Trinajstić information content (AvgIpc) is 2.66. The van der Waals surface area contributed by atoms with E-state index in [9.17, 15) is 4.79 Å². The van der Waals surface area contributed by atoms with Crippen molar-refractivity contribution in [2.75, 3.05) is 12.3 Å². The lowest BCUT2D eigenvalue weighted by Crippen LogP contribution is -2.25. The first-order chi connectivity index (χ1) is 13.4. The van der Waals surface area contributed by atoms with Crippen molar-refractivity contribution in [3.05, 3.63) is 73.2 Å². The molecule has 146 valence electrons. The molecule has 9 heteroatoms. The zero-order valence-corrected chi connectivity index (χ0v) is 17.5. The first kappa shape index (κ1) is 20.8. The second-order valence-electron chi connectivity index (χ2n) is 5.90. The van der Waals surface area contributed by atoms with Gasteiger partial charge in [0.05, 0.1) is 21.7 Å². The molecular formula is C19H15Cl4N3O2. The van der Waals surface area contributed by atoms with Crippen LogP contribution in [0, 0.1) is 0 Å². The van der Waals surface area contributed by atoms with E-state index in [-0.39, 0.29) is 5.82 Å². The number of hydrogen-bond acceptors (Lipinski definition) is 4. The summed E-state index contributed by atoms with van der Waals surface area (Å²) in [5.74, 6) is 0.620.